The summed E-state index contributed by atoms with van der Waals surface area (Å²) in [6.45, 7) is 0.130. The predicted octanol–water partition coefficient (Wildman–Crippen LogP) is -0.462. The molecule has 0 atom stereocenters. The number of hydrogen-bond acceptors (Lipinski definition) is 4. The minimum Gasteiger partial charge on any atom is -0.480 e. The van der Waals surface area contributed by atoms with Gasteiger partial charge in [-0.25, -0.2) is 4.68 Å². The molecule has 6 heteroatoms. The van der Waals surface area contributed by atoms with E-state index in [2.05, 4.69) is 17.3 Å². The molecule has 1 aromatic rings. The summed E-state index contributed by atoms with van der Waals surface area (Å²) < 4.78 is 5.99. The van der Waals surface area contributed by atoms with E-state index in [9.17, 15) is 4.79 Å². The Morgan fingerprint density at radius 1 is 1.77 bits per heavy atom. The highest BCUT2D eigenvalue weighted by Gasteiger charge is 2.00. The van der Waals surface area contributed by atoms with Crippen LogP contribution in [0.4, 0.5) is 0 Å². The Balaban J connectivity index is 3.04. The van der Waals surface area contributed by atoms with Gasteiger partial charge in [0.05, 0.1) is 18.6 Å². The molecule has 70 valence electrons. The third-order valence-electron chi connectivity index (χ3n) is 1.36. The van der Waals surface area contributed by atoms with Crippen molar-refractivity contribution >= 4 is 17.2 Å². The molecule has 13 heavy (non-hydrogen) atoms. The van der Waals surface area contributed by atoms with Gasteiger partial charge in [-0.1, -0.05) is 12.2 Å². The molecule has 0 aromatic carbocycles. The molecule has 0 radical (unpaired) electrons. The lowest BCUT2D eigenvalue weighted by atomic mass is 10.5. The van der Waals surface area contributed by atoms with Gasteiger partial charge in [-0.05, 0) is 0 Å². The first kappa shape index (κ1) is 9.66. The fourth-order valence-electron chi connectivity index (χ4n) is 0.800. The quantitative estimate of drug-likeness (QED) is 0.667. The maximum absolute atomic E-state index is 11.2. The van der Waals surface area contributed by atoms with Gasteiger partial charge in [-0.15, -0.1) is 5.10 Å². The summed E-state index contributed by atoms with van der Waals surface area (Å²) >= 11 is 4.65. The Morgan fingerprint density at radius 2 is 2.46 bits per heavy atom. The molecule has 0 spiro atoms. The van der Waals surface area contributed by atoms with Gasteiger partial charge in [0.25, 0.3) is 5.56 Å². The Bertz CT molecular complexity index is 374. The monoisotopic (exact) mass is 199 g/mol. The molecule has 0 aliphatic heterocycles. The second kappa shape index (κ2) is 3.99. The summed E-state index contributed by atoms with van der Waals surface area (Å²) in [6.07, 6.45) is 0. The number of nitrogens with two attached hydrogens (primary N) is 1. The van der Waals surface area contributed by atoms with Crippen molar-refractivity contribution in [1.82, 2.24) is 9.78 Å². The van der Waals surface area contributed by atoms with Crippen LogP contribution in [0.3, 0.4) is 0 Å². The number of aromatic nitrogens is 2. The van der Waals surface area contributed by atoms with E-state index in [0.717, 1.165) is 4.68 Å². The molecule has 0 unspecified atom stereocenters. The summed E-state index contributed by atoms with van der Waals surface area (Å²) in [6, 6.07) is 2.84. The molecule has 1 aromatic heterocycles. The Kier molecular flexibility index (Phi) is 2.97. The molecule has 1 rings (SSSR count). The van der Waals surface area contributed by atoms with Crippen LogP contribution in [-0.2, 0) is 6.54 Å². The van der Waals surface area contributed by atoms with Crippen molar-refractivity contribution in [3.05, 3.63) is 22.5 Å². The Labute approximate surface area is 80.1 Å². The molecule has 0 fully saturated rings. The van der Waals surface area contributed by atoms with E-state index in [1.165, 1.54) is 19.2 Å². The summed E-state index contributed by atoms with van der Waals surface area (Å²) in [5, 5.41) is 3.85. The van der Waals surface area contributed by atoms with Crippen LogP contribution in [0, 0.1) is 0 Å². The first-order chi connectivity index (χ1) is 6.13. The van der Waals surface area contributed by atoms with Crippen LogP contribution in [0.1, 0.15) is 0 Å². The van der Waals surface area contributed by atoms with E-state index in [-0.39, 0.29) is 17.1 Å². The fraction of sp³-hybridized carbons (Fsp3) is 0.286. The summed E-state index contributed by atoms with van der Waals surface area (Å²) in [4.78, 5) is 11.4. The molecule has 0 bridgehead atoms. The number of rotatable bonds is 3. The van der Waals surface area contributed by atoms with Gasteiger partial charge in [-0.3, -0.25) is 4.79 Å². The van der Waals surface area contributed by atoms with E-state index in [0.29, 0.717) is 5.88 Å². The highest BCUT2D eigenvalue weighted by Crippen LogP contribution is 1.98. The average molecular weight is 199 g/mol. The highest BCUT2D eigenvalue weighted by atomic mass is 32.1. The van der Waals surface area contributed by atoms with E-state index >= 15 is 0 Å². The van der Waals surface area contributed by atoms with Gasteiger partial charge in [0, 0.05) is 12.1 Å². The van der Waals surface area contributed by atoms with Gasteiger partial charge in [0.2, 0.25) is 5.88 Å². The van der Waals surface area contributed by atoms with Crippen molar-refractivity contribution in [3.8, 4) is 5.88 Å². The molecule has 0 aliphatic carbocycles. The number of methoxy groups -OCH3 is 1. The molecule has 5 nitrogen and oxygen atoms in total. The summed E-state index contributed by atoms with van der Waals surface area (Å²) in [7, 11) is 1.47. The molecule has 0 amide bonds. The predicted molar refractivity (Wildman–Crippen MR) is 51.8 cm³/mol. The van der Waals surface area contributed by atoms with Crippen LogP contribution in [0.15, 0.2) is 16.9 Å². The van der Waals surface area contributed by atoms with Crippen LogP contribution in [0.25, 0.3) is 0 Å². The maximum atomic E-state index is 11.2. The van der Waals surface area contributed by atoms with Gasteiger partial charge in [-0.2, -0.15) is 0 Å². The van der Waals surface area contributed by atoms with Crippen molar-refractivity contribution < 1.29 is 4.74 Å². The van der Waals surface area contributed by atoms with Crippen LogP contribution in [0.5, 0.6) is 5.88 Å². The highest BCUT2D eigenvalue weighted by molar-refractivity contribution is 7.80. The summed E-state index contributed by atoms with van der Waals surface area (Å²) in [5.41, 5.74) is 5.02. The third kappa shape index (κ3) is 2.51. The molecule has 0 aliphatic rings. The van der Waals surface area contributed by atoms with Crippen LogP contribution < -0.4 is 16.0 Å². The topological polar surface area (TPSA) is 70.1 Å². The molecule has 2 N–H and O–H groups in total. The maximum Gasteiger partial charge on any atom is 0.267 e. The van der Waals surface area contributed by atoms with Crippen LogP contribution >= 0.6 is 12.2 Å². The number of nitrogens with zero attached hydrogens (tertiary/aromatic N) is 2. The summed E-state index contributed by atoms with van der Waals surface area (Å²) in [5.74, 6) is 0.357. The van der Waals surface area contributed by atoms with Gasteiger partial charge >= 0.3 is 0 Å². The van der Waals surface area contributed by atoms with Crippen molar-refractivity contribution in [2.75, 3.05) is 7.11 Å². The van der Waals surface area contributed by atoms with E-state index in [1.54, 1.807) is 0 Å². The SMILES string of the molecule is COc1ccc(=O)n(CC(N)=S)n1. The van der Waals surface area contributed by atoms with Crippen LogP contribution in [0.2, 0.25) is 0 Å². The van der Waals surface area contributed by atoms with Crippen molar-refractivity contribution in [1.29, 1.82) is 0 Å². The molecule has 0 saturated heterocycles. The molecular weight excluding hydrogens is 190 g/mol. The lowest BCUT2D eigenvalue weighted by molar-refractivity contribution is 0.380. The van der Waals surface area contributed by atoms with E-state index in [1.807, 2.05) is 0 Å². The van der Waals surface area contributed by atoms with Gasteiger partial charge in [0.15, 0.2) is 0 Å². The molecule has 0 saturated carbocycles. The smallest absolute Gasteiger partial charge is 0.267 e. The van der Waals surface area contributed by atoms with Crippen molar-refractivity contribution in [2.45, 2.75) is 6.54 Å². The van der Waals surface area contributed by atoms with Crippen LogP contribution in [-0.4, -0.2) is 21.9 Å². The standard InChI is InChI=1S/C7H9N3O2S/c1-12-6-2-3-7(11)10(9-6)4-5(8)13/h2-3H,4H2,1H3,(H2,8,13). The number of ether oxygens (including phenoxy) is 1. The first-order valence-electron chi connectivity index (χ1n) is 3.54. The van der Waals surface area contributed by atoms with Crippen molar-refractivity contribution in [2.24, 2.45) is 5.73 Å². The normalized spacial score (nSPS) is 9.62. The first-order valence-corrected chi connectivity index (χ1v) is 3.95. The van der Waals surface area contributed by atoms with Gasteiger partial charge in [0.1, 0.15) is 0 Å². The zero-order chi connectivity index (χ0) is 9.84. The lowest BCUT2D eigenvalue weighted by Gasteiger charge is -2.03. The fourth-order valence-corrected chi connectivity index (χ4v) is 0.922. The molecular formula is C7H9N3O2S. The zero-order valence-corrected chi connectivity index (χ0v) is 7.87. The largest absolute Gasteiger partial charge is 0.480 e. The Hall–Kier alpha value is -1.43. The lowest BCUT2D eigenvalue weighted by Crippen LogP contribution is -2.28. The minimum atomic E-state index is -0.256. The van der Waals surface area contributed by atoms with E-state index < -0.39 is 0 Å². The second-order valence-corrected chi connectivity index (χ2v) is 2.86. The second-order valence-electron chi connectivity index (χ2n) is 2.34. The zero-order valence-electron chi connectivity index (χ0n) is 7.06. The minimum absolute atomic E-state index is 0.130. The number of hydrogen-bond donors (Lipinski definition) is 1. The van der Waals surface area contributed by atoms with E-state index in [4.69, 9.17) is 10.5 Å². The molecule has 1 heterocycles. The number of thiocarbonyl (C=S) groups is 1. The average Bonchev–Trinajstić information content (AvgIpc) is 2.08. The van der Waals surface area contributed by atoms with Gasteiger partial charge < -0.3 is 10.5 Å². The van der Waals surface area contributed by atoms with Crippen molar-refractivity contribution in [3.63, 3.8) is 0 Å². The Morgan fingerprint density at radius 3 is 3.00 bits per heavy atom. The third-order valence-corrected chi connectivity index (χ3v) is 1.49.